The summed E-state index contributed by atoms with van der Waals surface area (Å²) in [6.07, 6.45) is 7.92. The first-order valence-corrected chi connectivity index (χ1v) is 9.66. The molecule has 1 aromatic heterocycles. The van der Waals surface area contributed by atoms with Crippen molar-refractivity contribution in [3.63, 3.8) is 0 Å². The molecule has 3 aliphatic rings. The standard InChI is InChI=1S/C20H29N3O3/c1-25-17-9-16(10-17)23-11-14-4-3-5-15(12-23)20(14,26-2)13-6-7-22-18(8-13)19(21)24/h6-8,14-17H,3-5,9-12H2,1-2H3,(H2,21,24)/t14?,15?,16-,17-,20?. The Kier molecular flexibility index (Phi) is 4.75. The minimum absolute atomic E-state index is 0.321. The third-order valence-electron chi connectivity index (χ3n) is 6.95. The van der Waals surface area contributed by atoms with Crippen LogP contribution in [0, 0.1) is 11.8 Å². The normalized spacial score (nSPS) is 37.2. The summed E-state index contributed by atoms with van der Waals surface area (Å²) in [5.41, 5.74) is 6.50. The van der Waals surface area contributed by atoms with Crippen LogP contribution in [0.3, 0.4) is 0 Å². The van der Waals surface area contributed by atoms with Gasteiger partial charge < -0.3 is 15.2 Å². The van der Waals surface area contributed by atoms with Crippen LogP contribution in [-0.2, 0) is 15.1 Å². The van der Waals surface area contributed by atoms with Crippen molar-refractivity contribution < 1.29 is 14.3 Å². The van der Waals surface area contributed by atoms with E-state index in [0.29, 0.717) is 29.7 Å². The fraction of sp³-hybridized carbons (Fsp3) is 0.700. The molecule has 2 saturated carbocycles. The van der Waals surface area contributed by atoms with E-state index >= 15 is 0 Å². The van der Waals surface area contributed by atoms with Crippen molar-refractivity contribution in [3.8, 4) is 0 Å². The molecular weight excluding hydrogens is 330 g/mol. The average Bonchev–Trinajstić information content (AvgIpc) is 2.60. The Morgan fingerprint density at radius 3 is 2.54 bits per heavy atom. The van der Waals surface area contributed by atoms with Gasteiger partial charge in [-0.25, -0.2) is 0 Å². The van der Waals surface area contributed by atoms with Crippen LogP contribution in [0.4, 0.5) is 0 Å². The summed E-state index contributed by atoms with van der Waals surface area (Å²) < 4.78 is 11.7. The average molecular weight is 359 g/mol. The van der Waals surface area contributed by atoms with Crippen LogP contribution >= 0.6 is 0 Å². The Hall–Kier alpha value is -1.50. The van der Waals surface area contributed by atoms with Crippen LogP contribution in [0.25, 0.3) is 0 Å². The van der Waals surface area contributed by atoms with Gasteiger partial charge in [0.25, 0.3) is 5.91 Å². The number of carbonyl (C=O) groups is 1. The molecule has 1 aliphatic heterocycles. The number of primary amides is 1. The van der Waals surface area contributed by atoms with Gasteiger partial charge in [-0.05, 0) is 43.4 Å². The Morgan fingerprint density at radius 1 is 1.27 bits per heavy atom. The molecule has 6 nitrogen and oxygen atoms in total. The van der Waals surface area contributed by atoms with Gasteiger partial charge in [0.15, 0.2) is 0 Å². The number of amides is 1. The highest BCUT2D eigenvalue weighted by Gasteiger charge is 2.54. The maximum atomic E-state index is 11.6. The molecular formula is C20H29N3O3. The molecule has 3 fully saturated rings. The highest BCUT2D eigenvalue weighted by Crippen LogP contribution is 2.52. The van der Waals surface area contributed by atoms with Crippen LogP contribution < -0.4 is 5.73 Å². The molecule has 6 heteroatoms. The highest BCUT2D eigenvalue weighted by molar-refractivity contribution is 5.90. The maximum absolute atomic E-state index is 11.6. The lowest BCUT2D eigenvalue weighted by Gasteiger charge is -2.58. The lowest BCUT2D eigenvalue weighted by atomic mass is 9.61. The van der Waals surface area contributed by atoms with E-state index < -0.39 is 5.91 Å². The van der Waals surface area contributed by atoms with Crippen molar-refractivity contribution in [2.24, 2.45) is 17.6 Å². The molecule has 2 N–H and O–H groups in total. The van der Waals surface area contributed by atoms with Crippen molar-refractivity contribution >= 4 is 5.91 Å². The zero-order valence-corrected chi connectivity index (χ0v) is 15.7. The minimum Gasteiger partial charge on any atom is -0.381 e. The molecule has 2 heterocycles. The number of fused-ring (bicyclic) bond motifs is 2. The molecule has 2 atom stereocenters. The lowest BCUT2D eigenvalue weighted by Crippen LogP contribution is -2.63. The van der Waals surface area contributed by atoms with Crippen LogP contribution in [0.15, 0.2) is 18.3 Å². The fourth-order valence-electron chi connectivity index (χ4n) is 5.52. The van der Waals surface area contributed by atoms with Crippen LogP contribution in [0.1, 0.15) is 48.2 Å². The molecule has 0 radical (unpaired) electrons. The second-order valence-electron chi connectivity index (χ2n) is 8.05. The van der Waals surface area contributed by atoms with Crippen molar-refractivity contribution in [2.45, 2.75) is 49.9 Å². The number of hydrogen-bond acceptors (Lipinski definition) is 5. The van der Waals surface area contributed by atoms with Gasteiger partial charge >= 0.3 is 0 Å². The Morgan fingerprint density at radius 2 is 1.96 bits per heavy atom. The van der Waals surface area contributed by atoms with Gasteiger partial charge in [-0.1, -0.05) is 6.42 Å². The summed E-state index contributed by atoms with van der Waals surface area (Å²) in [6.45, 7) is 2.08. The van der Waals surface area contributed by atoms with Gasteiger partial charge in [0.05, 0.1) is 6.10 Å². The summed E-state index contributed by atoms with van der Waals surface area (Å²) in [5, 5.41) is 0. The van der Waals surface area contributed by atoms with Gasteiger partial charge in [0.1, 0.15) is 11.3 Å². The van der Waals surface area contributed by atoms with Crippen molar-refractivity contribution in [1.29, 1.82) is 0 Å². The first-order chi connectivity index (χ1) is 12.6. The number of hydrogen-bond donors (Lipinski definition) is 1. The zero-order chi connectivity index (χ0) is 18.3. The molecule has 26 heavy (non-hydrogen) atoms. The van der Waals surface area contributed by atoms with E-state index in [1.807, 2.05) is 26.4 Å². The van der Waals surface area contributed by atoms with E-state index in [4.69, 9.17) is 15.2 Å². The Balaban J connectivity index is 1.62. The maximum Gasteiger partial charge on any atom is 0.267 e. The summed E-state index contributed by atoms with van der Waals surface area (Å²) >= 11 is 0. The van der Waals surface area contributed by atoms with E-state index in [9.17, 15) is 4.79 Å². The second kappa shape index (κ2) is 6.91. The molecule has 1 aromatic rings. The van der Waals surface area contributed by atoms with Gasteiger partial charge in [0.2, 0.25) is 0 Å². The second-order valence-corrected chi connectivity index (χ2v) is 8.05. The number of nitrogens with zero attached hydrogens (tertiary/aromatic N) is 2. The smallest absolute Gasteiger partial charge is 0.267 e. The Bertz CT molecular complexity index is 660. The molecule has 2 unspecified atom stereocenters. The lowest BCUT2D eigenvalue weighted by molar-refractivity contribution is -0.183. The largest absolute Gasteiger partial charge is 0.381 e. The number of rotatable bonds is 5. The molecule has 0 spiro atoms. The van der Waals surface area contributed by atoms with Crippen molar-refractivity contribution in [1.82, 2.24) is 9.88 Å². The molecule has 2 bridgehead atoms. The predicted octanol–water partition coefficient (Wildman–Crippen LogP) is 1.93. The number of aromatic nitrogens is 1. The third kappa shape index (κ3) is 2.75. The van der Waals surface area contributed by atoms with E-state index in [2.05, 4.69) is 9.88 Å². The number of piperidine rings is 1. The minimum atomic E-state index is -0.485. The van der Waals surface area contributed by atoms with E-state index in [1.165, 1.54) is 6.42 Å². The molecule has 2 aliphatic carbocycles. The summed E-state index contributed by atoms with van der Waals surface area (Å²) in [7, 11) is 3.62. The SMILES string of the molecule is COC1(c2ccnc(C(N)=O)c2)C2CCCC1CN([C@H]1C[C@H](OC)C1)C2. The molecule has 142 valence electrons. The number of nitrogens with two attached hydrogens (primary N) is 1. The Labute approximate surface area is 155 Å². The summed E-state index contributed by atoms with van der Waals surface area (Å²) in [6, 6.07) is 4.48. The number of likely N-dealkylation sites (tertiary alicyclic amines) is 1. The fourth-order valence-corrected chi connectivity index (χ4v) is 5.52. The molecule has 0 aromatic carbocycles. The topological polar surface area (TPSA) is 77.7 Å². The van der Waals surface area contributed by atoms with E-state index in [0.717, 1.165) is 44.3 Å². The van der Waals surface area contributed by atoms with Gasteiger partial charge in [-0.2, -0.15) is 0 Å². The van der Waals surface area contributed by atoms with Crippen molar-refractivity contribution in [2.75, 3.05) is 27.3 Å². The molecule has 1 saturated heterocycles. The predicted molar refractivity (Wildman–Crippen MR) is 97.7 cm³/mol. The van der Waals surface area contributed by atoms with E-state index in [-0.39, 0.29) is 5.60 Å². The van der Waals surface area contributed by atoms with Gasteiger partial charge in [0, 0.05) is 51.4 Å². The van der Waals surface area contributed by atoms with Crippen LogP contribution in [0.5, 0.6) is 0 Å². The van der Waals surface area contributed by atoms with Crippen LogP contribution in [0.2, 0.25) is 0 Å². The summed E-state index contributed by atoms with van der Waals surface area (Å²) in [4.78, 5) is 18.4. The third-order valence-corrected chi connectivity index (χ3v) is 6.95. The number of pyridine rings is 1. The molecule has 1 amide bonds. The molecule has 4 rings (SSSR count). The first kappa shape index (κ1) is 17.9. The summed E-state index contributed by atoms with van der Waals surface area (Å²) in [5.74, 6) is 0.357. The number of carbonyl (C=O) groups excluding carboxylic acids is 1. The zero-order valence-electron chi connectivity index (χ0n) is 15.7. The number of ether oxygens (including phenoxy) is 2. The highest BCUT2D eigenvalue weighted by atomic mass is 16.5. The number of methoxy groups -OCH3 is 2. The van der Waals surface area contributed by atoms with Gasteiger partial charge in [-0.3, -0.25) is 14.7 Å². The first-order valence-electron chi connectivity index (χ1n) is 9.66. The van der Waals surface area contributed by atoms with Crippen LogP contribution in [-0.4, -0.2) is 55.2 Å². The van der Waals surface area contributed by atoms with E-state index in [1.54, 1.807) is 6.20 Å². The monoisotopic (exact) mass is 359 g/mol. The quantitative estimate of drug-likeness (QED) is 0.869. The van der Waals surface area contributed by atoms with Crippen molar-refractivity contribution in [3.05, 3.63) is 29.6 Å². The van der Waals surface area contributed by atoms with Gasteiger partial charge in [-0.15, -0.1) is 0 Å².